The number of nitrogens with one attached hydrogen (secondary N) is 1. The standard InChI is InChI=1S/C17H20N2O2/c1-9-10(2)21-11(3)16(9)17(18)13-4-6-14-12(8-13)5-7-15(20)19-14/h4,6,8,17H,5,7,18H2,1-3H3,(H,19,20). The van der Waals surface area contributed by atoms with Crippen molar-refractivity contribution in [3.8, 4) is 0 Å². The third-order valence-corrected chi connectivity index (χ3v) is 4.31. The molecule has 3 rings (SSSR count). The van der Waals surface area contributed by atoms with Gasteiger partial charge in [0.25, 0.3) is 0 Å². The van der Waals surface area contributed by atoms with Crippen molar-refractivity contribution in [2.75, 3.05) is 5.32 Å². The van der Waals surface area contributed by atoms with Gasteiger partial charge >= 0.3 is 0 Å². The molecule has 1 aromatic heterocycles. The Kier molecular flexibility index (Phi) is 3.33. The van der Waals surface area contributed by atoms with E-state index >= 15 is 0 Å². The van der Waals surface area contributed by atoms with Crippen molar-refractivity contribution >= 4 is 11.6 Å². The van der Waals surface area contributed by atoms with Gasteiger partial charge in [0.15, 0.2) is 0 Å². The van der Waals surface area contributed by atoms with Gasteiger partial charge in [-0.2, -0.15) is 0 Å². The van der Waals surface area contributed by atoms with Crippen LogP contribution in [0.5, 0.6) is 0 Å². The lowest BCUT2D eigenvalue weighted by Crippen LogP contribution is -2.20. The molecule has 0 aliphatic carbocycles. The molecular weight excluding hydrogens is 264 g/mol. The number of nitrogens with two attached hydrogens (primary N) is 1. The molecule has 110 valence electrons. The van der Waals surface area contributed by atoms with Crippen LogP contribution in [-0.4, -0.2) is 5.91 Å². The fraction of sp³-hybridized carbons (Fsp3) is 0.353. The first-order valence-corrected chi connectivity index (χ1v) is 7.22. The maximum absolute atomic E-state index is 11.4. The molecule has 0 spiro atoms. The fourth-order valence-electron chi connectivity index (χ4n) is 3.03. The van der Waals surface area contributed by atoms with Crippen molar-refractivity contribution in [1.29, 1.82) is 0 Å². The summed E-state index contributed by atoms with van der Waals surface area (Å²) < 4.78 is 5.68. The highest BCUT2D eigenvalue weighted by molar-refractivity contribution is 5.93. The first-order chi connectivity index (χ1) is 9.97. The van der Waals surface area contributed by atoms with E-state index in [1.165, 1.54) is 0 Å². The molecule has 0 bridgehead atoms. The maximum atomic E-state index is 11.4. The van der Waals surface area contributed by atoms with Crippen molar-refractivity contribution in [3.63, 3.8) is 0 Å². The van der Waals surface area contributed by atoms with Gasteiger partial charge in [-0.05, 0) is 49.9 Å². The van der Waals surface area contributed by atoms with E-state index in [1.54, 1.807) is 0 Å². The molecule has 0 saturated heterocycles. The Balaban J connectivity index is 1.99. The monoisotopic (exact) mass is 284 g/mol. The normalized spacial score (nSPS) is 15.5. The van der Waals surface area contributed by atoms with Crippen LogP contribution in [-0.2, 0) is 11.2 Å². The van der Waals surface area contributed by atoms with Gasteiger partial charge in [0.05, 0.1) is 6.04 Å². The lowest BCUT2D eigenvalue weighted by atomic mass is 9.92. The number of aryl methyl sites for hydroxylation is 3. The van der Waals surface area contributed by atoms with Crippen LogP contribution in [0.25, 0.3) is 0 Å². The molecule has 2 aromatic rings. The minimum absolute atomic E-state index is 0.0803. The minimum atomic E-state index is -0.203. The third-order valence-electron chi connectivity index (χ3n) is 4.31. The van der Waals surface area contributed by atoms with Crippen molar-refractivity contribution in [2.24, 2.45) is 5.73 Å². The van der Waals surface area contributed by atoms with Gasteiger partial charge in [0.1, 0.15) is 11.5 Å². The van der Waals surface area contributed by atoms with E-state index in [2.05, 4.69) is 11.4 Å². The van der Waals surface area contributed by atoms with Crippen LogP contribution < -0.4 is 11.1 Å². The number of hydrogen-bond donors (Lipinski definition) is 2. The molecule has 21 heavy (non-hydrogen) atoms. The number of fused-ring (bicyclic) bond motifs is 1. The average Bonchev–Trinajstić information content (AvgIpc) is 2.71. The quantitative estimate of drug-likeness (QED) is 0.890. The van der Waals surface area contributed by atoms with Crippen LogP contribution in [0.1, 0.15) is 46.2 Å². The molecule has 1 atom stereocenters. The van der Waals surface area contributed by atoms with Crippen molar-refractivity contribution in [2.45, 2.75) is 39.7 Å². The Hall–Kier alpha value is -2.07. The maximum Gasteiger partial charge on any atom is 0.224 e. The molecule has 0 fully saturated rings. The van der Waals surface area contributed by atoms with Crippen molar-refractivity contribution in [1.82, 2.24) is 0 Å². The zero-order valence-corrected chi connectivity index (χ0v) is 12.6. The summed E-state index contributed by atoms with van der Waals surface area (Å²) >= 11 is 0. The average molecular weight is 284 g/mol. The van der Waals surface area contributed by atoms with E-state index in [4.69, 9.17) is 10.2 Å². The van der Waals surface area contributed by atoms with Crippen LogP contribution in [0.15, 0.2) is 22.6 Å². The molecule has 1 amide bonds. The summed E-state index contributed by atoms with van der Waals surface area (Å²) in [6.45, 7) is 5.95. The second-order valence-electron chi connectivity index (χ2n) is 5.70. The third kappa shape index (κ3) is 2.36. The highest BCUT2D eigenvalue weighted by atomic mass is 16.3. The van der Waals surface area contributed by atoms with Gasteiger partial charge in [-0.1, -0.05) is 12.1 Å². The van der Waals surface area contributed by atoms with Gasteiger partial charge in [-0.25, -0.2) is 0 Å². The largest absolute Gasteiger partial charge is 0.466 e. The zero-order chi connectivity index (χ0) is 15.1. The molecule has 3 N–H and O–H groups in total. The Labute approximate surface area is 124 Å². The molecule has 4 heteroatoms. The summed E-state index contributed by atoms with van der Waals surface area (Å²) in [4.78, 5) is 11.4. The minimum Gasteiger partial charge on any atom is -0.466 e. The molecule has 0 saturated carbocycles. The molecule has 1 aliphatic heterocycles. The molecule has 4 nitrogen and oxygen atoms in total. The van der Waals surface area contributed by atoms with E-state index in [0.29, 0.717) is 6.42 Å². The molecular formula is C17H20N2O2. The summed E-state index contributed by atoms with van der Waals surface area (Å²) in [5, 5.41) is 2.89. The molecule has 1 aliphatic rings. The lowest BCUT2D eigenvalue weighted by Gasteiger charge is -2.20. The second kappa shape index (κ2) is 5.04. The SMILES string of the molecule is Cc1oc(C)c(C(N)c2ccc3c(c2)CCC(=O)N3)c1C. The number of carbonyl (C=O) groups is 1. The summed E-state index contributed by atoms with van der Waals surface area (Å²) in [5.41, 5.74) is 11.7. The Morgan fingerprint density at radius 3 is 2.62 bits per heavy atom. The van der Waals surface area contributed by atoms with E-state index in [0.717, 1.165) is 45.9 Å². The van der Waals surface area contributed by atoms with Crippen LogP contribution in [0.4, 0.5) is 5.69 Å². The number of furan rings is 1. The Morgan fingerprint density at radius 1 is 1.19 bits per heavy atom. The van der Waals surface area contributed by atoms with E-state index in [9.17, 15) is 4.79 Å². The molecule has 2 heterocycles. The molecule has 1 aromatic carbocycles. The molecule has 0 radical (unpaired) electrons. The smallest absolute Gasteiger partial charge is 0.224 e. The van der Waals surface area contributed by atoms with Gasteiger partial charge in [0, 0.05) is 17.7 Å². The number of carbonyl (C=O) groups excluding carboxylic acids is 1. The summed E-state index contributed by atoms with van der Waals surface area (Å²) in [6.07, 6.45) is 1.30. The van der Waals surface area contributed by atoms with Crippen molar-refractivity contribution < 1.29 is 9.21 Å². The summed E-state index contributed by atoms with van der Waals surface area (Å²) in [7, 11) is 0. The highest BCUT2D eigenvalue weighted by Gasteiger charge is 2.21. The van der Waals surface area contributed by atoms with Crippen molar-refractivity contribution in [3.05, 3.63) is 52.0 Å². The number of anilines is 1. The van der Waals surface area contributed by atoms with Crippen LogP contribution in [0.2, 0.25) is 0 Å². The Morgan fingerprint density at radius 2 is 1.95 bits per heavy atom. The number of benzene rings is 1. The van der Waals surface area contributed by atoms with Crippen LogP contribution in [0.3, 0.4) is 0 Å². The van der Waals surface area contributed by atoms with Gasteiger partial charge in [-0.3, -0.25) is 4.79 Å². The fourth-order valence-corrected chi connectivity index (χ4v) is 3.03. The highest BCUT2D eigenvalue weighted by Crippen LogP contribution is 2.32. The van der Waals surface area contributed by atoms with E-state index in [1.807, 2.05) is 32.9 Å². The van der Waals surface area contributed by atoms with Crippen LogP contribution >= 0.6 is 0 Å². The number of rotatable bonds is 2. The predicted molar refractivity (Wildman–Crippen MR) is 82.3 cm³/mol. The van der Waals surface area contributed by atoms with E-state index in [-0.39, 0.29) is 11.9 Å². The summed E-state index contributed by atoms with van der Waals surface area (Å²) in [5.74, 6) is 1.88. The first kappa shape index (κ1) is 13.9. The Bertz CT molecular complexity index is 716. The first-order valence-electron chi connectivity index (χ1n) is 7.22. The lowest BCUT2D eigenvalue weighted by molar-refractivity contribution is -0.116. The number of amides is 1. The van der Waals surface area contributed by atoms with Gasteiger partial charge < -0.3 is 15.5 Å². The topological polar surface area (TPSA) is 68.3 Å². The zero-order valence-electron chi connectivity index (χ0n) is 12.6. The molecule has 1 unspecified atom stereocenters. The van der Waals surface area contributed by atoms with Gasteiger partial charge in [0.2, 0.25) is 5.91 Å². The second-order valence-corrected chi connectivity index (χ2v) is 5.70. The van der Waals surface area contributed by atoms with E-state index < -0.39 is 0 Å². The summed E-state index contributed by atoms with van der Waals surface area (Å²) in [6, 6.07) is 5.82. The van der Waals surface area contributed by atoms with Crippen LogP contribution in [0, 0.1) is 20.8 Å². The van der Waals surface area contributed by atoms with Gasteiger partial charge in [-0.15, -0.1) is 0 Å². The number of hydrogen-bond acceptors (Lipinski definition) is 3. The predicted octanol–water partition coefficient (Wildman–Crippen LogP) is 3.14.